The summed E-state index contributed by atoms with van der Waals surface area (Å²) in [5.41, 5.74) is 1.09. The molecular weight excluding hydrogens is 363 g/mol. The van der Waals surface area contributed by atoms with E-state index in [1.165, 1.54) is 19.2 Å². The lowest BCUT2D eigenvalue weighted by molar-refractivity contribution is -0.132. The number of carbonyl (C=O) groups excluding carboxylic acids is 2. The molecule has 1 fully saturated rings. The van der Waals surface area contributed by atoms with Crippen molar-refractivity contribution in [2.45, 2.75) is 19.3 Å². The summed E-state index contributed by atoms with van der Waals surface area (Å²) < 4.78 is 24.2. The van der Waals surface area contributed by atoms with E-state index in [1.807, 2.05) is 0 Å². The maximum Gasteiger partial charge on any atom is 0.260 e. The van der Waals surface area contributed by atoms with Crippen molar-refractivity contribution >= 4 is 17.5 Å². The van der Waals surface area contributed by atoms with Gasteiger partial charge in [-0.1, -0.05) is 12.1 Å². The van der Waals surface area contributed by atoms with Crippen LogP contribution in [0.3, 0.4) is 0 Å². The molecule has 2 aromatic rings. The van der Waals surface area contributed by atoms with Crippen LogP contribution in [0.1, 0.15) is 18.4 Å². The Bertz CT molecular complexity index is 850. The molecule has 1 aliphatic rings. The molecule has 3 rings (SSSR count). The van der Waals surface area contributed by atoms with E-state index in [9.17, 15) is 14.0 Å². The van der Waals surface area contributed by atoms with Gasteiger partial charge in [0.1, 0.15) is 5.75 Å². The molecule has 2 amide bonds. The second kappa shape index (κ2) is 9.21. The van der Waals surface area contributed by atoms with E-state index in [0.717, 1.165) is 25.9 Å². The molecule has 1 aliphatic heterocycles. The molecule has 0 aliphatic carbocycles. The van der Waals surface area contributed by atoms with E-state index in [1.54, 1.807) is 35.2 Å². The van der Waals surface area contributed by atoms with Crippen LogP contribution in [0, 0.1) is 5.82 Å². The number of benzene rings is 2. The summed E-state index contributed by atoms with van der Waals surface area (Å²) in [4.78, 5) is 26.1. The summed E-state index contributed by atoms with van der Waals surface area (Å²) in [5.74, 6) is -0.187. The molecule has 0 atom stereocenters. The van der Waals surface area contributed by atoms with Crippen LogP contribution in [-0.2, 0) is 16.0 Å². The highest BCUT2D eigenvalue weighted by Gasteiger charge is 2.18. The minimum absolute atomic E-state index is 0.0253. The van der Waals surface area contributed by atoms with Crippen LogP contribution in [0.15, 0.2) is 42.5 Å². The summed E-state index contributed by atoms with van der Waals surface area (Å²) in [7, 11) is 1.39. The molecule has 0 aromatic heterocycles. The summed E-state index contributed by atoms with van der Waals surface area (Å²) in [6.45, 7) is 1.54. The van der Waals surface area contributed by atoms with Crippen LogP contribution in [-0.4, -0.2) is 43.5 Å². The Kier molecular flexibility index (Phi) is 6.47. The van der Waals surface area contributed by atoms with E-state index in [0.29, 0.717) is 17.0 Å². The second-order valence-electron chi connectivity index (χ2n) is 6.60. The first-order chi connectivity index (χ1) is 13.5. The number of carbonyl (C=O) groups is 2. The fraction of sp³-hybridized carbons (Fsp3) is 0.333. The second-order valence-corrected chi connectivity index (χ2v) is 6.60. The van der Waals surface area contributed by atoms with Crippen molar-refractivity contribution in [3.63, 3.8) is 0 Å². The third kappa shape index (κ3) is 5.22. The van der Waals surface area contributed by atoms with Crippen LogP contribution in [0.25, 0.3) is 0 Å². The SMILES string of the molecule is COc1ccc(CC(=O)Nc2cccc(OCC(=O)N3CCCC3)c2)cc1F. The molecule has 7 heteroatoms. The van der Waals surface area contributed by atoms with Crippen molar-refractivity contribution in [1.82, 2.24) is 4.90 Å². The third-order valence-electron chi connectivity index (χ3n) is 4.52. The van der Waals surface area contributed by atoms with Crippen molar-refractivity contribution in [2.75, 3.05) is 32.1 Å². The van der Waals surface area contributed by atoms with Gasteiger partial charge in [-0.2, -0.15) is 0 Å². The maximum atomic E-state index is 13.7. The minimum Gasteiger partial charge on any atom is -0.494 e. The molecule has 1 N–H and O–H groups in total. The molecule has 2 aromatic carbocycles. The molecule has 6 nitrogen and oxygen atoms in total. The van der Waals surface area contributed by atoms with Gasteiger partial charge in [-0.05, 0) is 42.7 Å². The Hall–Kier alpha value is -3.09. The first-order valence-corrected chi connectivity index (χ1v) is 9.18. The molecule has 1 heterocycles. The van der Waals surface area contributed by atoms with Crippen LogP contribution in [0.4, 0.5) is 10.1 Å². The topological polar surface area (TPSA) is 67.9 Å². The van der Waals surface area contributed by atoms with E-state index >= 15 is 0 Å². The van der Waals surface area contributed by atoms with Crippen molar-refractivity contribution < 1.29 is 23.5 Å². The number of anilines is 1. The minimum atomic E-state index is -0.508. The highest BCUT2D eigenvalue weighted by atomic mass is 19.1. The Labute approximate surface area is 163 Å². The van der Waals surface area contributed by atoms with Gasteiger partial charge in [-0.15, -0.1) is 0 Å². The average molecular weight is 386 g/mol. The fourth-order valence-corrected chi connectivity index (χ4v) is 3.08. The number of nitrogens with one attached hydrogen (secondary N) is 1. The van der Waals surface area contributed by atoms with Crippen molar-refractivity contribution in [3.8, 4) is 11.5 Å². The number of amides is 2. The number of methoxy groups -OCH3 is 1. The normalized spacial score (nSPS) is 13.3. The van der Waals surface area contributed by atoms with Gasteiger partial charge < -0.3 is 19.7 Å². The zero-order valence-electron chi connectivity index (χ0n) is 15.7. The Morgan fingerprint density at radius 1 is 1.14 bits per heavy atom. The van der Waals surface area contributed by atoms with E-state index in [-0.39, 0.29) is 30.6 Å². The van der Waals surface area contributed by atoms with E-state index in [4.69, 9.17) is 9.47 Å². The predicted molar refractivity (Wildman–Crippen MR) is 103 cm³/mol. The fourth-order valence-electron chi connectivity index (χ4n) is 3.08. The lowest BCUT2D eigenvalue weighted by Gasteiger charge is -2.15. The average Bonchev–Trinajstić information content (AvgIpc) is 3.21. The summed E-state index contributed by atoms with van der Waals surface area (Å²) in [5, 5.41) is 2.75. The number of nitrogens with zero attached hydrogens (tertiary/aromatic N) is 1. The zero-order chi connectivity index (χ0) is 19.9. The van der Waals surface area contributed by atoms with Crippen molar-refractivity contribution in [2.24, 2.45) is 0 Å². The number of hydrogen-bond donors (Lipinski definition) is 1. The molecule has 0 saturated carbocycles. The van der Waals surface area contributed by atoms with Gasteiger partial charge in [-0.3, -0.25) is 9.59 Å². The largest absolute Gasteiger partial charge is 0.494 e. The number of halogens is 1. The van der Waals surface area contributed by atoms with Crippen LogP contribution in [0.5, 0.6) is 11.5 Å². The maximum absolute atomic E-state index is 13.7. The monoisotopic (exact) mass is 386 g/mol. The number of likely N-dealkylation sites (tertiary alicyclic amines) is 1. The van der Waals surface area contributed by atoms with Gasteiger partial charge in [-0.25, -0.2) is 4.39 Å². The molecule has 0 unspecified atom stereocenters. The molecule has 148 valence electrons. The predicted octanol–water partition coefficient (Wildman–Crippen LogP) is 3.02. The van der Waals surface area contributed by atoms with Gasteiger partial charge in [0.05, 0.1) is 13.5 Å². The van der Waals surface area contributed by atoms with Crippen LogP contribution >= 0.6 is 0 Å². The first-order valence-electron chi connectivity index (χ1n) is 9.18. The first kappa shape index (κ1) is 19.7. The number of ether oxygens (including phenoxy) is 2. The van der Waals surface area contributed by atoms with Gasteiger partial charge in [0, 0.05) is 24.8 Å². The lowest BCUT2D eigenvalue weighted by atomic mass is 10.1. The standard InChI is InChI=1S/C21H23FN2O4/c1-27-19-8-7-15(11-18(19)22)12-20(25)23-16-5-4-6-17(13-16)28-14-21(26)24-9-2-3-10-24/h4-8,11,13H,2-3,9-10,12,14H2,1H3,(H,23,25). The van der Waals surface area contributed by atoms with E-state index < -0.39 is 5.82 Å². The number of hydrogen-bond acceptors (Lipinski definition) is 4. The van der Waals surface area contributed by atoms with Gasteiger partial charge in [0.25, 0.3) is 5.91 Å². The highest BCUT2D eigenvalue weighted by Crippen LogP contribution is 2.20. The molecular formula is C21H23FN2O4. The summed E-state index contributed by atoms with van der Waals surface area (Å²) in [6.07, 6.45) is 2.09. The highest BCUT2D eigenvalue weighted by molar-refractivity contribution is 5.92. The quantitative estimate of drug-likeness (QED) is 0.794. The van der Waals surface area contributed by atoms with Crippen molar-refractivity contribution in [3.05, 3.63) is 53.8 Å². The Balaban J connectivity index is 1.54. The van der Waals surface area contributed by atoms with Crippen LogP contribution < -0.4 is 14.8 Å². The Morgan fingerprint density at radius 2 is 1.93 bits per heavy atom. The molecule has 0 spiro atoms. The van der Waals surface area contributed by atoms with Gasteiger partial charge >= 0.3 is 0 Å². The van der Waals surface area contributed by atoms with E-state index in [2.05, 4.69) is 5.32 Å². The Morgan fingerprint density at radius 3 is 2.64 bits per heavy atom. The van der Waals surface area contributed by atoms with Gasteiger partial charge in [0.2, 0.25) is 5.91 Å². The summed E-state index contributed by atoms with van der Waals surface area (Å²) >= 11 is 0. The summed E-state index contributed by atoms with van der Waals surface area (Å²) in [6, 6.07) is 11.3. The molecule has 0 bridgehead atoms. The number of rotatable bonds is 7. The zero-order valence-corrected chi connectivity index (χ0v) is 15.7. The molecule has 0 radical (unpaired) electrons. The molecule has 1 saturated heterocycles. The molecule has 28 heavy (non-hydrogen) atoms. The smallest absolute Gasteiger partial charge is 0.260 e. The van der Waals surface area contributed by atoms with Crippen LogP contribution in [0.2, 0.25) is 0 Å². The lowest BCUT2D eigenvalue weighted by Crippen LogP contribution is -2.32. The van der Waals surface area contributed by atoms with Gasteiger partial charge in [0.15, 0.2) is 18.2 Å². The third-order valence-corrected chi connectivity index (χ3v) is 4.52. The van der Waals surface area contributed by atoms with Crippen molar-refractivity contribution in [1.29, 1.82) is 0 Å².